The van der Waals surface area contributed by atoms with E-state index in [2.05, 4.69) is 35.7 Å². The molecule has 0 aliphatic rings. The van der Waals surface area contributed by atoms with E-state index in [1.165, 1.54) is 41.6 Å². The lowest BCUT2D eigenvalue weighted by molar-refractivity contribution is -0.143. The molecule has 1 amide bonds. The Bertz CT molecular complexity index is 1440. The number of carbonyl (C=O) groups excluding carboxylic acids is 1. The fourth-order valence-corrected chi connectivity index (χ4v) is 3.29. The fourth-order valence-electron chi connectivity index (χ4n) is 3.05. The summed E-state index contributed by atoms with van der Waals surface area (Å²) in [5, 5.41) is 17.9. The normalized spacial score (nSPS) is 11.8. The molecule has 0 fully saturated rings. The van der Waals surface area contributed by atoms with Crippen LogP contribution in [0.3, 0.4) is 0 Å². The summed E-state index contributed by atoms with van der Waals surface area (Å²) in [7, 11) is 0. The Morgan fingerprint density at radius 2 is 1.85 bits per heavy atom. The highest BCUT2D eigenvalue weighted by Crippen LogP contribution is 2.34. The van der Waals surface area contributed by atoms with Gasteiger partial charge in [-0.05, 0) is 18.2 Å². The van der Waals surface area contributed by atoms with Crippen LogP contribution in [-0.2, 0) is 6.18 Å². The second-order valence-electron chi connectivity index (χ2n) is 6.54. The minimum atomic E-state index is -4.90. The molecular weight excluding hydrogens is 465 g/mol. The highest BCUT2D eigenvalue weighted by atomic mass is 35.5. The first-order valence-corrected chi connectivity index (χ1v) is 9.48. The van der Waals surface area contributed by atoms with Gasteiger partial charge in [0.25, 0.3) is 5.91 Å². The number of hydrogen-bond donors (Lipinski definition) is 1. The number of hydrogen-bond acceptors (Lipinski definition) is 7. The number of halogens is 4. The monoisotopic (exact) mass is 474 g/mol. The second kappa shape index (κ2) is 7.67. The number of anilines is 1. The average molecular weight is 475 g/mol. The summed E-state index contributed by atoms with van der Waals surface area (Å²) in [5.74, 6) is -1.02. The van der Waals surface area contributed by atoms with Crippen LogP contribution < -0.4 is 5.32 Å². The molecule has 0 atom stereocenters. The van der Waals surface area contributed by atoms with Gasteiger partial charge in [0, 0.05) is 6.20 Å². The van der Waals surface area contributed by atoms with Gasteiger partial charge in [0.2, 0.25) is 0 Å². The van der Waals surface area contributed by atoms with Gasteiger partial charge in [-0.3, -0.25) is 4.79 Å². The second-order valence-corrected chi connectivity index (χ2v) is 6.95. The van der Waals surface area contributed by atoms with Gasteiger partial charge in [-0.15, -0.1) is 4.80 Å². The number of fused-ring (bicyclic) bond motifs is 1. The Hall–Kier alpha value is -4.33. The van der Waals surface area contributed by atoms with Crippen molar-refractivity contribution in [2.24, 2.45) is 0 Å². The van der Waals surface area contributed by atoms with Gasteiger partial charge < -0.3 is 5.32 Å². The van der Waals surface area contributed by atoms with Crippen molar-refractivity contribution in [3.8, 4) is 11.6 Å². The summed E-state index contributed by atoms with van der Waals surface area (Å²) >= 11 is 6.15. The number of pyridine rings is 1. The minimum absolute atomic E-state index is 0.0683. The van der Waals surface area contributed by atoms with Gasteiger partial charge >= 0.3 is 6.18 Å². The molecule has 1 N–H and O–H groups in total. The molecule has 11 nitrogen and oxygen atoms in total. The molecule has 0 aliphatic heterocycles. The summed E-state index contributed by atoms with van der Waals surface area (Å²) in [4.78, 5) is 22.0. The lowest BCUT2D eigenvalue weighted by Gasteiger charge is -2.11. The molecule has 0 radical (unpaired) electrons. The van der Waals surface area contributed by atoms with Crippen LogP contribution in [0.4, 0.5) is 18.9 Å². The molecule has 0 saturated heterocycles. The molecule has 15 heteroatoms. The molecule has 33 heavy (non-hydrogen) atoms. The van der Waals surface area contributed by atoms with Gasteiger partial charge in [-0.1, -0.05) is 11.6 Å². The molecule has 0 saturated carbocycles. The SMILES string of the molecule is O=C(Nc1cnc(-n2nccn2)c(Cl)c1)c1cnn(-c2cn3ncccc3n2)c1C(F)(F)F. The Morgan fingerprint density at radius 1 is 1.06 bits per heavy atom. The minimum Gasteiger partial charge on any atom is -0.320 e. The zero-order chi connectivity index (χ0) is 23.2. The number of imidazole rings is 1. The third kappa shape index (κ3) is 3.76. The van der Waals surface area contributed by atoms with Gasteiger partial charge in [0.15, 0.2) is 23.0 Å². The lowest BCUT2D eigenvalue weighted by Crippen LogP contribution is -2.21. The van der Waals surface area contributed by atoms with Crippen LogP contribution in [0.25, 0.3) is 17.3 Å². The Balaban J connectivity index is 1.49. The smallest absolute Gasteiger partial charge is 0.320 e. The molecule has 5 heterocycles. The highest BCUT2D eigenvalue weighted by molar-refractivity contribution is 6.32. The molecule has 166 valence electrons. The van der Waals surface area contributed by atoms with Crippen molar-refractivity contribution in [3.05, 3.63) is 71.7 Å². The number of rotatable bonds is 4. The maximum absolute atomic E-state index is 13.9. The van der Waals surface area contributed by atoms with E-state index < -0.39 is 23.3 Å². The Labute approximate surface area is 186 Å². The molecular formula is C18H10ClF3N10O. The first kappa shape index (κ1) is 20.6. The van der Waals surface area contributed by atoms with Crippen LogP contribution >= 0.6 is 11.6 Å². The average Bonchev–Trinajstić information content (AvgIpc) is 3.51. The number of amides is 1. The topological polar surface area (TPSA) is 121 Å². The van der Waals surface area contributed by atoms with Gasteiger partial charge in [0.05, 0.1) is 47.3 Å². The maximum atomic E-state index is 13.9. The maximum Gasteiger partial charge on any atom is 0.434 e. The highest BCUT2D eigenvalue weighted by Gasteiger charge is 2.41. The lowest BCUT2D eigenvalue weighted by atomic mass is 10.2. The van der Waals surface area contributed by atoms with E-state index in [1.807, 2.05) is 0 Å². The predicted octanol–water partition coefficient (Wildman–Crippen LogP) is 2.82. The van der Waals surface area contributed by atoms with Crippen LogP contribution in [0.15, 0.2) is 55.4 Å². The number of alkyl halides is 3. The first-order valence-electron chi connectivity index (χ1n) is 9.11. The Morgan fingerprint density at radius 3 is 2.55 bits per heavy atom. The van der Waals surface area contributed by atoms with Crippen LogP contribution in [-0.4, -0.2) is 50.3 Å². The van der Waals surface area contributed by atoms with Crippen LogP contribution in [0, 0.1) is 0 Å². The molecule has 5 aromatic rings. The van der Waals surface area contributed by atoms with Crippen molar-refractivity contribution in [1.82, 2.24) is 44.4 Å². The van der Waals surface area contributed by atoms with Crippen molar-refractivity contribution in [2.75, 3.05) is 5.32 Å². The van der Waals surface area contributed by atoms with E-state index in [4.69, 9.17) is 11.6 Å². The summed E-state index contributed by atoms with van der Waals surface area (Å²) in [6.45, 7) is 0. The molecule has 0 aliphatic carbocycles. The molecule has 0 spiro atoms. The summed E-state index contributed by atoms with van der Waals surface area (Å²) < 4.78 is 43.6. The van der Waals surface area contributed by atoms with E-state index in [0.717, 1.165) is 11.0 Å². The van der Waals surface area contributed by atoms with Crippen molar-refractivity contribution >= 4 is 28.8 Å². The first-order chi connectivity index (χ1) is 15.8. The van der Waals surface area contributed by atoms with Crippen molar-refractivity contribution in [3.63, 3.8) is 0 Å². The third-order valence-electron chi connectivity index (χ3n) is 4.41. The number of carbonyl (C=O) groups is 1. The Kier molecular flexibility index (Phi) is 4.78. The zero-order valence-corrected chi connectivity index (χ0v) is 16.9. The van der Waals surface area contributed by atoms with Gasteiger partial charge in [0.1, 0.15) is 0 Å². The third-order valence-corrected chi connectivity index (χ3v) is 4.69. The van der Waals surface area contributed by atoms with Crippen LogP contribution in [0.1, 0.15) is 16.1 Å². The van der Waals surface area contributed by atoms with E-state index in [9.17, 15) is 18.0 Å². The quantitative estimate of drug-likeness (QED) is 0.425. The standard InChI is InChI=1S/C18H10ClF3N10O/c19-12-6-10(7-23-16(12)32-25-4-5-26-32)28-17(33)11-8-27-31(15(11)18(20,21)22)14-9-30-13(29-14)2-1-3-24-30/h1-9H,(H,28,33). The van der Waals surface area contributed by atoms with Crippen molar-refractivity contribution in [1.29, 1.82) is 0 Å². The van der Waals surface area contributed by atoms with Crippen molar-refractivity contribution < 1.29 is 18.0 Å². The van der Waals surface area contributed by atoms with Crippen LogP contribution in [0.5, 0.6) is 0 Å². The predicted molar refractivity (Wildman–Crippen MR) is 107 cm³/mol. The number of nitrogens with one attached hydrogen (secondary N) is 1. The largest absolute Gasteiger partial charge is 0.434 e. The molecule has 5 rings (SSSR count). The van der Waals surface area contributed by atoms with E-state index in [1.54, 1.807) is 12.1 Å². The van der Waals surface area contributed by atoms with E-state index >= 15 is 0 Å². The van der Waals surface area contributed by atoms with Gasteiger partial charge in [-0.2, -0.15) is 33.6 Å². The number of aromatic nitrogens is 9. The molecule has 5 aromatic heterocycles. The fraction of sp³-hybridized carbons (Fsp3) is 0.0556. The van der Waals surface area contributed by atoms with Crippen molar-refractivity contribution in [2.45, 2.75) is 6.18 Å². The van der Waals surface area contributed by atoms with E-state index in [-0.39, 0.29) is 22.3 Å². The van der Waals surface area contributed by atoms with Crippen LogP contribution in [0.2, 0.25) is 5.02 Å². The van der Waals surface area contributed by atoms with Gasteiger partial charge in [-0.25, -0.2) is 19.2 Å². The number of nitrogens with zero attached hydrogens (tertiary/aromatic N) is 9. The molecule has 0 aromatic carbocycles. The molecule has 0 unspecified atom stereocenters. The summed E-state index contributed by atoms with van der Waals surface area (Å²) in [6, 6.07) is 4.47. The summed E-state index contributed by atoms with van der Waals surface area (Å²) in [5.41, 5.74) is -1.62. The van der Waals surface area contributed by atoms with E-state index in [0.29, 0.717) is 10.3 Å². The zero-order valence-electron chi connectivity index (χ0n) is 16.1. The molecule has 0 bridgehead atoms. The summed E-state index contributed by atoms with van der Waals surface area (Å²) in [6.07, 6.45) is 2.69.